The van der Waals surface area contributed by atoms with Gasteiger partial charge in [0.25, 0.3) is 0 Å². The van der Waals surface area contributed by atoms with Gasteiger partial charge in [0.1, 0.15) is 12.6 Å². The monoisotopic (exact) mass is 686 g/mol. The lowest BCUT2D eigenvalue weighted by molar-refractivity contribution is 0.0883. The molecule has 8 bridgehead atoms. The Hall–Kier alpha value is -5.57. The molecule has 0 saturated heterocycles. The Bertz CT molecular complexity index is 2330. The number of hydrogen-bond donors (Lipinski definition) is 2. The third-order valence-corrected chi connectivity index (χ3v) is 11.1. The van der Waals surface area contributed by atoms with E-state index in [0.29, 0.717) is 6.73 Å². The second kappa shape index (κ2) is 13.3. The Kier molecular flexibility index (Phi) is 8.49. The predicted molar refractivity (Wildman–Crippen MR) is 215 cm³/mol. The van der Waals surface area contributed by atoms with Gasteiger partial charge in [-0.1, -0.05) is 79.3 Å². The van der Waals surface area contributed by atoms with E-state index in [9.17, 15) is 0 Å². The summed E-state index contributed by atoms with van der Waals surface area (Å²) in [4.78, 5) is 22.8. The average molecular weight is 687 g/mol. The van der Waals surface area contributed by atoms with E-state index < -0.39 is 8.07 Å². The summed E-state index contributed by atoms with van der Waals surface area (Å²) in [6, 6.07) is 29.0. The maximum absolute atomic E-state index is 6.25. The molecule has 0 radical (unpaired) electrons. The minimum Gasteiger partial charge on any atom is -0.361 e. The molecule has 8 heteroatoms. The lowest BCUT2D eigenvalue weighted by atomic mass is 10.0. The molecule has 7 nitrogen and oxygen atoms in total. The number of aromatic nitrogens is 6. The van der Waals surface area contributed by atoms with Crippen molar-refractivity contribution in [3.63, 3.8) is 0 Å². The fourth-order valence-corrected chi connectivity index (χ4v) is 7.37. The zero-order valence-electron chi connectivity index (χ0n) is 29.8. The van der Waals surface area contributed by atoms with Gasteiger partial charge in [0, 0.05) is 49.2 Å². The van der Waals surface area contributed by atoms with Crippen molar-refractivity contribution in [2.24, 2.45) is 0 Å². The molecule has 4 aromatic heterocycles. The number of ether oxygens (including phenoxy) is 1. The van der Waals surface area contributed by atoms with Crippen LogP contribution in [0, 0.1) is 13.8 Å². The molecular formula is C43H42N6OSi. The van der Waals surface area contributed by atoms with Crippen molar-refractivity contribution in [3.05, 3.63) is 125 Å². The third kappa shape index (κ3) is 6.80. The minimum absolute atomic E-state index is 0.419. The molecule has 51 heavy (non-hydrogen) atoms. The van der Waals surface area contributed by atoms with Crippen LogP contribution in [-0.4, -0.2) is 44.2 Å². The van der Waals surface area contributed by atoms with Crippen LogP contribution >= 0.6 is 0 Å². The Balaban J connectivity index is 1.43. The SMILES string of the molecule is Cc1ccc(-c2c3nc(cc4nc(c(-c5ccc(C)cc5)c5ccc([nH]5)c(-c5nccn5COCC[Si](C)(C)C)c5ccc2[nH]5)C=C4)C=C3)cc1. The van der Waals surface area contributed by atoms with Crippen molar-refractivity contribution >= 4 is 54.4 Å². The number of aryl methyl sites for hydroxylation is 2. The number of fused-ring (bicyclic) bond motifs is 8. The lowest BCUT2D eigenvalue weighted by Crippen LogP contribution is -2.22. The molecule has 254 valence electrons. The van der Waals surface area contributed by atoms with Gasteiger partial charge in [-0.2, -0.15) is 0 Å². The Morgan fingerprint density at radius 1 is 0.627 bits per heavy atom. The van der Waals surface area contributed by atoms with Gasteiger partial charge in [-0.3, -0.25) is 0 Å². The van der Waals surface area contributed by atoms with Crippen molar-refractivity contribution in [1.29, 1.82) is 0 Å². The molecule has 0 unspecified atom stereocenters. The lowest BCUT2D eigenvalue weighted by Gasteiger charge is -2.16. The van der Waals surface area contributed by atoms with Gasteiger partial charge in [-0.15, -0.1) is 0 Å². The molecule has 6 heterocycles. The van der Waals surface area contributed by atoms with Crippen molar-refractivity contribution in [2.45, 2.75) is 46.3 Å². The van der Waals surface area contributed by atoms with Crippen LogP contribution in [0.25, 0.3) is 80.0 Å². The fourth-order valence-electron chi connectivity index (χ4n) is 6.61. The summed E-state index contributed by atoms with van der Waals surface area (Å²) in [6.45, 7) is 12.5. The van der Waals surface area contributed by atoms with Crippen molar-refractivity contribution in [1.82, 2.24) is 29.5 Å². The van der Waals surface area contributed by atoms with Crippen molar-refractivity contribution < 1.29 is 4.74 Å². The summed E-state index contributed by atoms with van der Waals surface area (Å²) in [6.07, 6.45) is 12.2. The molecule has 0 aliphatic carbocycles. The molecule has 6 aromatic rings. The molecule has 0 saturated carbocycles. The zero-order chi connectivity index (χ0) is 35.1. The van der Waals surface area contributed by atoms with Crippen LogP contribution in [0.15, 0.2) is 91.3 Å². The van der Waals surface area contributed by atoms with E-state index in [1.54, 1.807) is 0 Å². The quantitative estimate of drug-likeness (QED) is 0.123. The number of benzene rings is 2. The van der Waals surface area contributed by atoms with Crippen LogP contribution in [0.4, 0.5) is 0 Å². The summed E-state index contributed by atoms with van der Waals surface area (Å²) < 4.78 is 8.35. The first-order valence-corrected chi connectivity index (χ1v) is 21.3. The highest BCUT2D eigenvalue weighted by Crippen LogP contribution is 2.35. The summed E-state index contributed by atoms with van der Waals surface area (Å²) >= 11 is 0. The predicted octanol–water partition coefficient (Wildman–Crippen LogP) is 10.8. The normalized spacial score (nSPS) is 12.6. The van der Waals surface area contributed by atoms with Crippen LogP contribution in [0.2, 0.25) is 25.7 Å². The highest BCUT2D eigenvalue weighted by molar-refractivity contribution is 6.76. The van der Waals surface area contributed by atoms with Crippen LogP contribution in [-0.2, 0) is 11.5 Å². The van der Waals surface area contributed by atoms with Gasteiger partial charge in [0.15, 0.2) is 0 Å². The summed E-state index contributed by atoms with van der Waals surface area (Å²) in [5, 5.41) is 0. The number of aromatic amines is 2. The largest absolute Gasteiger partial charge is 0.361 e. The van der Waals surface area contributed by atoms with Gasteiger partial charge in [-0.25, -0.2) is 15.0 Å². The summed E-state index contributed by atoms with van der Waals surface area (Å²) in [5.41, 5.74) is 14.9. The molecule has 2 aromatic carbocycles. The van der Waals surface area contributed by atoms with Crippen LogP contribution in [0.3, 0.4) is 0 Å². The number of imidazole rings is 1. The van der Waals surface area contributed by atoms with Gasteiger partial charge in [-0.05, 0) is 85.7 Å². The van der Waals surface area contributed by atoms with Gasteiger partial charge in [0.2, 0.25) is 0 Å². The minimum atomic E-state index is -1.23. The molecule has 0 spiro atoms. The zero-order valence-corrected chi connectivity index (χ0v) is 30.8. The van der Waals surface area contributed by atoms with Crippen molar-refractivity contribution in [2.75, 3.05) is 6.61 Å². The maximum Gasteiger partial charge on any atom is 0.146 e. The topological polar surface area (TPSA) is 84.4 Å². The van der Waals surface area contributed by atoms with Crippen molar-refractivity contribution in [3.8, 4) is 33.6 Å². The van der Waals surface area contributed by atoms with E-state index in [-0.39, 0.29) is 0 Å². The first-order valence-electron chi connectivity index (χ1n) is 17.6. The second-order valence-corrected chi connectivity index (χ2v) is 20.3. The van der Waals surface area contributed by atoms with Gasteiger partial charge >= 0.3 is 0 Å². The van der Waals surface area contributed by atoms with Crippen LogP contribution < -0.4 is 0 Å². The Morgan fingerprint density at radius 3 is 1.61 bits per heavy atom. The molecular weight excluding hydrogens is 645 g/mol. The summed E-state index contributed by atoms with van der Waals surface area (Å²) in [5.74, 6) is 0.816. The van der Waals surface area contributed by atoms with E-state index in [4.69, 9.17) is 19.7 Å². The van der Waals surface area contributed by atoms with E-state index >= 15 is 0 Å². The molecule has 8 rings (SSSR count). The Labute approximate surface area is 299 Å². The van der Waals surface area contributed by atoms with E-state index in [2.05, 4.69) is 151 Å². The molecule has 2 N–H and O–H groups in total. The number of hydrogen-bond acceptors (Lipinski definition) is 4. The van der Waals surface area contributed by atoms with E-state index in [1.165, 1.54) is 11.1 Å². The van der Waals surface area contributed by atoms with Crippen LogP contribution in [0.5, 0.6) is 0 Å². The molecule has 2 aliphatic rings. The molecule has 0 atom stereocenters. The fraction of sp³-hybridized carbons (Fsp3) is 0.186. The standard InChI is InChI=1S/C43H42N6OSi/c1-28-6-10-30(11-7-28)40-34-16-14-32(45-34)26-33-15-17-35(46-33)41(31-12-8-29(2)9-13-31)37-19-21-39(48-37)42(38-20-18-36(40)47-38)43-44-22-23-49(43)27-50-24-25-51(3,4)5/h6-23,26,47-48H,24-25,27H2,1-5H3. The first-order chi connectivity index (χ1) is 24.7. The highest BCUT2D eigenvalue weighted by atomic mass is 28.3. The van der Waals surface area contributed by atoms with E-state index in [1.807, 2.05) is 12.4 Å². The second-order valence-electron chi connectivity index (χ2n) is 14.7. The molecule has 0 fully saturated rings. The average Bonchev–Trinajstić information content (AvgIpc) is 3.95. The van der Waals surface area contributed by atoms with E-state index in [0.717, 1.165) is 91.1 Å². The smallest absolute Gasteiger partial charge is 0.146 e. The number of nitrogens with zero attached hydrogens (tertiary/aromatic N) is 4. The molecule has 2 aliphatic heterocycles. The number of nitrogens with one attached hydrogen (secondary N) is 2. The molecule has 0 amide bonds. The third-order valence-electron chi connectivity index (χ3n) is 9.43. The number of rotatable bonds is 8. The van der Waals surface area contributed by atoms with Gasteiger partial charge < -0.3 is 19.3 Å². The van der Waals surface area contributed by atoms with Crippen LogP contribution in [0.1, 0.15) is 33.9 Å². The highest BCUT2D eigenvalue weighted by Gasteiger charge is 2.18. The maximum atomic E-state index is 6.25. The Morgan fingerprint density at radius 2 is 1.12 bits per heavy atom. The van der Waals surface area contributed by atoms with Gasteiger partial charge in [0.05, 0.1) is 39.4 Å². The summed E-state index contributed by atoms with van der Waals surface area (Å²) in [7, 11) is -1.23. The first kappa shape index (κ1) is 32.6. The number of H-pyrrole nitrogens is 2.